The average Bonchev–Trinajstić information content (AvgIpc) is 3.14. The zero-order chi connectivity index (χ0) is 23.0. The Hall–Kier alpha value is -2.62. The van der Waals surface area contributed by atoms with Crippen molar-refractivity contribution in [2.24, 2.45) is 0 Å². The summed E-state index contributed by atoms with van der Waals surface area (Å²) in [4.78, 5) is 23.8. The lowest BCUT2D eigenvalue weighted by molar-refractivity contribution is -0.136. The van der Waals surface area contributed by atoms with Crippen LogP contribution in [0.15, 0.2) is 54.8 Å². The largest absolute Gasteiger partial charge is 0.481 e. The molecule has 0 saturated carbocycles. The number of carboxylic acids is 1. The van der Waals surface area contributed by atoms with Crippen LogP contribution in [0.3, 0.4) is 0 Å². The van der Waals surface area contributed by atoms with Crippen molar-refractivity contribution >= 4 is 22.8 Å². The first kappa shape index (κ1) is 25.6. The normalized spacial score (nSPS) is 11.8. The summed E-state index contributed by atoms with van der Waals surface area (Å²) >= 11 is 0. The van der Waals surface area contributed by atoms with Crippen LogP contribution in [-0.2, 0) is 11.2 Å². The van der Waals surface area contributed by atoms with Gasteiger partial charge in [0.05, 0.1) is 11.9 Å². The van der Waals surface area contributed by atoms with Crippen molar-refractivity contribution in [1.82, 2.24) is 4.57 Å². The molecule has 0 aliphatic rings. The Balaban J connectivity index is 1.60. The summed E-state index contributed by atoms with van der Waals surface area (Å²) in [5.41, 5.74) is 1.50. The van der Waals surface area contributed by atoms with Crippen LogP contribution in [0.4, 0.5) is 0 Å². The van der Waals surface area contributed by atoms with Gasteiger partial charge >= 0.3 is 5.97 Å². The van der Waals surface area contributed by atoms with Gasteiger partial charge in [-0.2, -0.15) is 0 Å². The maximum atomic E-state index is 12.7. The molecule has 174 valence electrons. The van der Waals surface area contributed by atoms with Gasteiger partial charge in [0.15, 0.2) is 0 Å². The fourth-order valence-electron chi connectivity index (χ4n) is 3.97. The summed E-state index contributed by atoms with van der Waals surface area (Å²) in [6.07, 6.45) is 24.0. The lowest BCUT2D eigenvalue weighted by atomic mass is 10.1. The summed E-state index contributed by atoms with van der Waals surface area (Å²) in [5, 5.41) is 9.98. The van der Waals surface area contributed by atoms with Crippen LogP contribution in [0.5, 0.6) is 0 Å². The highest BCUT2D eigenvalue weighted by molar-refractivity contribution is 5.95. The fourth-order valence-corrected chi connectivity index (χ4v) is 3.97. The number of carbonyl (C=O) groups excluding carboxylic acids is 1. The number of aromatic nitrogens is 1. The predicted octanol–water partition coefficient (Wildman–Crippen LogP) is 7.72. The molecule has 0 aliphatic carbocycles. The smallest absolute Gasteiger partial charge is 0.307 e. The lowest BCUT2D eigenvalue weighted by Gasteiger charge is -2.04. The summed E-state index contributed by atoms with van der Waals surface area (Å²) in [6.45, 7) is 2.23. The average molecular weight is 438 g/mol. The van der Waals surface area contributed by atoms with Gasteiger partial charge in [0, 0.05) is 18.0 Å². The molecular formula is C28H39NO3. The second-order valence-electron chi connectivity index (χ2n) is 8.49. The van der Waals surface area contributed by atoms with Gasteiger partial charge in [-0.1, -0.05) is 81.5 Å². The number of benzene rings is 1. The van der Waals surface area contributed by atoms with Crippen LogP contribution < -0.4 is 0 Å². The molecule has 1 aromatic carbocycles. The van der Waals surface area contributed by atoms with Crippen LogP contribution in [0.2, 0.25) is 0 Å². The highest BCUT2D eigenvalue weighted by Gasteiger charge is 2.14. The van der Waals surface area contributed by atoms with Gasteiger partial charge in [0.2, 0.25) is 5.91 Å². The van der Waals surface area contributed by atoms with E-state index in [2.05, 4.69) is 31.2 Å². The van der Waals surface area contributed by atoms with Crippen LogP contribution in [0.1, 0.15) is 94.3 Å². The number of hydrogen-bond donors (Lipinski definition) is 1. The van der Waals surface area contributed by atoms with Crippen LogP contribution >= 0.6 is 0 Å². The zero-order valence-electron chi connectivity index (χ0n) is 19.6. The van der Waals surface area contributed by atoms with E-state index in [4.69, 9.17) is 5.11 Å². The van der Waals surface area contributed by atoms with E-state index in [-0.39, 0.29) is 12.3 Å². The Kier molecular flexibility index (Phi) is 12.2. The molecule has 0 saturated heterocycles. The van der Waals surface area contributed by atoms with Crippen molar-refractivity contribution in [3.63, 3.8) is 0 Å². The minimum atomic E-state index is -0.880. The van der Waals surface area contributed by atoms with Crippen LogP contribution in [0.25, 0.3) is 10.9 Å². The first-order valence-corrected chi connectivity index (χ1v) is 12.3. The Labute approximate surface area is 193 Å². The molecule has 0 amide bonds. The van der Waals surface area contributed by atoms with Gasteiger partial charge in [-0.25, -0.2) is 0 Å². The summed E-state index contributed by atoms with van der Waals surface area (Å²) < 4.78 is 1.64. The third-order valence-electron chi connectivity index (χ3n) is 5.75. The minimum absolute atomic E-state index is 0.0449. The number of carboxylic acid groups (broad SMARTS) is 1. The van der Waals surface area contributed by atoms with Gasteiger partial charge in [-0.05, 0) is 50.2 Å². The van der Waals surface area contributed by atoms with Crippen molar-refractivity contribution < 1.29 is 14.7 Å². The summed E-state index contributed by atoms with van der Waals surface area (Å²) in [7, 11) is 0. The molecular weight excluding hydrogens is 398 g/mol. The maximum absolute atomic E-state index is 12.7. The molecule has 1 aromatic heterocycles. The Morgan fingerprint density at radius 3 is 2.25 bits per heavy atom. The highest BCUT2D eigenvalue weighted by atomic mass is 16.4. The van der Waals surface area contributed by atoms with E-state index in [9.17, 15) is 9.59 Å². The number of unbranched alkanes of at least 4 members (excludes halogenated alkanes) is 8. The molecule has 4 heteroatoms. The third kappa shape index (κ3) is 9.25. The van der Waals surface area contributed by atoms with Gasteiger partial charge < -0.3 is 5.11 Å². The van der Waals surface area contributed by atoms with E-state index in [0.717, 1.165) is 43.0 Å². The number of nitrogens with zero attached hydrogens (tertiary/aromatic N) is 1. The quantitative estimate of drug-likeness (QED) is 0.216. The molecule has 32 heavy (non-hydrogen) atoms. The molecule has 0 unspecified atom stereocenters. The van der Waals surface area contributed by atoms with Crippen molar-refractivity contribution in [2.75, 3.05) is 0 Å². The van der Waals surface area contributed by atoms with E-state index in [1.807, 2.05) is 24.3 Å². The van der Waals surface area contributed by atoms with Gasteiger partial charge in [0.1, 0.15) is 0 Å². The second-order valence-corrected chi connectivity index (χ2v) is 8.49. The first-order valence-electron chi connectivity index (χ1n) is 12.3. The Morgan fingerprint density at radius 2 is 1.53 bits per heavy atom. The van der Waals surface area contributed by atoms with E-state index in [0.29, 0.717) is 12.0 Å². The molecule has 1 heterocycles. The molecule has 4 nitrogen and oxygen atoms in total. The number of carbonyl (C=O) groups is 2. The van der Waals surface area contributed by atoms with Crippen molar-refractivity contribution in [3.8, 4) is 0 Å². The number of allylic oxidation sites excluding steroid dienone is 4. The van der Waals surface area contributed by atoms with Crippen molar-refractivity contribution in [2.45, 2.75) is 90.4 Å². The SMILES string of the molecule is CCCCC/C=C/C/C=C/CCCCCCCC(=O)n1cc(CC(=O)O)c2ccccc21. The number of para-hydroxylation sites is 1. The van der Waals surface area contributed by atoms with Crippen LogP contribution in [-0.4, -0.2) is 21.6 Å². The molecule has 0 aliphatic heterocycles. The van der Waals surface area contributed by atoms with E-state index < -0.39 is 5.97 Å². The Morgan fingerprint density at radius 1 is 0.875 bits per heavy atom. The standard InChI is InChI=1S/C28H39NO3/c1-2-3-4-5-6-7-8-9-10-11-12-13-14-15-16-21-27(30)29-23-24(22-28(31)32)25-19-17-18-20-26(25)29/h6-7,9-10,17-20,23H,2-5,8,11-16,21-22H2,1H3,(H,31,32)/b7-6+,10-9+. The molecule has 0 atom stereocenters. The number of rotatable bonds is 16. The molecule has 1 N–H and O–H groups in total. The molecule has 2 aromatic rings. The highest BCUT2D eigenvalue weighted by Crippen LogP contribution is 2.23. The zero-order valence-corrected chi connectivity index (χ0v) is 19.6. The third-order valence-corrected chi connectivity index (χ3v) is 5.75. The van der Waals surface area contributed by atoms with E-state index >= 15 is 0 Å². The van der Waals surface area contributed by atoms with E-state index in [1.54, 1.807) is 10.8 Å². The minimum Gasteiger partial charge on any atom is -0.481 e. The van der Waals surface area contributed by atoms with Gasteiger partial charge in [0.25, 0.3) is 0 Å². The number of fused-ring (bicyclic) bond motifs is 1. The Bertz CT molecular complexity index is 891. The maximum Gasteiger partial charge on any atom is 0.307 e. The molecule has 0 fully saturated rings. The molecule has 0 bridgehead atoms. The summed E-state index contributed by atoms with van der Waals surface area (Å²) in [5.74, 6) is -0.836. The summed E-state index contributed by atoms with van der Waals surface area (Å²) in [6, 6.07) is 7.53. The van der Waals surface area contributed by atoms with Crippen molar-refractivity contribution in [3.05, 3.63) is 60.3 Å². The topological polar surface area (TPSA) is 59.3 Å². The molecule has 2 rings (SSSR count). The van der Waals surface area contributed by atoms with Crippen LogP contribution in [0, 0.1) is 0 Å². The lowest BCUT2D eigenvalue weighted by Crippen LogP contribution is -2.09. The second kappa shape index (κ2) is 15.2. The number of aliphatic carboxylic acids is 1. The number of hydrogen-bond acceptors (Lipinski definition) is 2. The first-order chi connectivity index (χ1) is 15.6. The predicted molar refractivity (Wildman–Crippen MR) is 133 cm³/mol. The van der Waals surface area contributed by atoms with Crippen molar-refractivity contribution in [1.29, 1.82) is 0 Å². The fraction of sp³-hybridized carbons (Fsp3) is 0.500. The monoisotopic (exact) mass is 437 g/mol. The van der Waals surface area contributed by atoms with Gasteiger partial charge in [-0.3, -0.25) is 14.2 Å². The molecule has 0 radical (unpaired) electrons. The van der Waals surface area contributed by atoms with Gasteiger partial charge in [-0.15, -0.1) is 0 Å². The van der Waals surface area contributed by atoms with E-state index in [1.165, 1.54) is 38.5 Å². The molecule has 0 spiro atoms.